The van der Waals surface area contributed by atoms with Crippen LogP contribution in [0.3, 0.4) is 0 Å². The fourth-order valence-corrected chi connectivity index (χ4v) is 5.40. The second kappa shape index (κ2) is 10.5. The van der Waals surface area contributed by atoms with Crippen molar-refractivity contribution in [1.29, 1.82) is 0 Å². The van der Waals surface area contributed by atoms with Crippen molar-refractivity contribution in [2.24, 2.45) is 0 Å². The van der Waals surface area contributed by atoms with E-state index in [1.54, 1.807) is 0 Å². The first-order valence-corrected chi connectivity index (χ1v) is 12.3. The number of nitrogens with one attached hydrogen (secondary N) is 3. The number of rotatable bonds is 11. The Hall–Kier alpha value is -1.49. The van der Waals surface area contributed by atoms with Crippen molar-refractivity contribution < 1.29 is 12.8 Å². The molecule has 0 radical (unpaired) electrons. The summed E-state index contributed by atoms with van der Waals surface area (Å²) in [5, 5.41) is 6.80. The lowest BCUT2D eigenvalue weighted by molar-refractivity contribution is 0.511. The zero-order chi connectivity index (χ0) is 20.7. The summed E-state index contributed by atoms with van der Waals surface area (Å²) in [4.78, 5) is 3.21. The van der Waals surface area contributed by atoms with Crippen LogP contribution in [0.4, 0.5) is 15.2 Å². The summed E-state index contributed by atoms with van der Waals surface area (Å²) < 4.78 is 45.0. The Kier molecular flexibility index (Phi) is 8.05. The van der Waals surface area contributed by atoms with Gasteiger partial charge in [-0.3, -0.25) is 4.72 Å². The molecule has 3 N–H and O–H groups in total. The normalized spacial score (nSPS) is 16.8. The van der Waals surface area contributed by atoms with Gasteiger partial charge in [-0.25, -0.2) is 17.8 Å². The van der Waals surface area contributed by atoms with Gasteiger partial charge in [0.15, 0.2) is 0 Å². The number of aromatic nitrogens is 2. The summed E-state index contributed by atoms with van der Waals surface area (Å²) >= 11 is 7.03. The van der Waals surface area contributed by atoms with Crippen LogP contribution in [0.25, 0.3) is 0 Å². The molecule has 11 heteroatoms. The molecule has 0 amide bonds. The molecule has 0 aliphatic carbocycles. The van der Waals surface area contributed by atoms with Gasteiger partial charge in [-0.15, -0.1) is 0 Å². The van der Waals surface area contributed by atoms with Crippen LogP contribution in [0.5, 0.6) is 0 Å². The van der Waals surface area contributed by atoms with Gasteiger partial charge in [0.1, 0.15) is 17.0 Å². The minimum Gasteiger partial charge on any atom is -0.384 e. The van der Waals surface area contributed by atoms with E-state index in [0.717, 1.165) is 49.5 Å². The third-order valence-corrected chi connectivity index (χ3v) is 7.23. The van der Waals surface area contributed by atoms with Gasteiger partial charge in [-0.05, 0) is 44.4 Å². The number of halogens is 2. The Balaban J connectivity index is 1.46. The molecule has 1 saturated heterocycles. The largest absolute Gasteiger partial charge is 0.384 e. The summed E-state index contributed by atoms with van der Waals surface area (Å²) in [5.41, 5.74) is 0.384. The van der Waals surface area contributed by atoms with Crippen molar-refractivity contribution in [3.05, 3.63) is 29.3 Å². The molecule has 2 aromatic rings. The predicted octanol–water partition coefficient (Wildman–Crippen LogP) is 4.25. The molecule has 1 aromatic heterocycles. The quantitative estimate of drug-likeness (QED) is 0.433. The fourth-order valence-electron chi connectivity index (χ4n) is 3.35. The average Bonchev–Trinajstić information content (AvgIpc) is 3.37. The molecule has 1 atom stereocenters. The van der Waals surface area contributed by atoms with Crippen molar-refractivity contribution in [2.75, 3.05) is 23.1 Å². The van der Waals surface area contributed by atoms with Crippen LogP contribution < -0.4 is 15.4 Å². The molecule has 1 fully saturated rings. The Morgan fingerprint density at radius 2 is 2.10 bits per heavy atom. The highest BCUT2D eigenvalue weighted by Gasteiger charge is 2.22. The maximum atomic E-state index is 14.4. The van der Waals surface area contributed by atoms with E-state index in [0.29, 0.717) is 18.3 Å². The minimum absolute atomic E-state index is 0.0615. The van der Waals surface area contributed by atoms with E-state index in [4.69, 9.17) is 11.6 Å². The lowest BCUT2D eigenvalue weighted by atomic mass is 10.1. The smallest absolute Gasteiger partial charge is 0.266 e. The fraction of sp³-hybridized carbons (Fsp3) is 0.556. The molecule has 0 spiro atoms. The maximum Gasteiger partial charge on any atom is 0.266 e. The van der Waals surface area contributed by atoms with E-state index in [1.165, 1.54) is 32.0 Å². The molecule has 0 saturated carbocycles. The van der Waals surface area contributed by atoms with E-state index in [2.05, 4.69) is 24.7 Å². The summed E-state index contributed by atoms with van der Waals surface area (Å²) in [6.07, 6.45) is 9.40. The van der Waals surface area contributed by atoms with E-state index in [1.807, 2.05) is 0 Å². The summed E-state index contributed by atoms with van der Waals surface area (Å²) in [6, 6.07) is 2.91. The first-order chi connectivity index (χ1) is 14.0. The lowest BCUT2D eigenvalue weighted by Gasteiger charge is -2.12. The standard InChI is InChI=1S/C18H25ClFN5O2S2/c19-14-10-17(29(26,27)25-18-23-12-24-28-18)15(20)11-16(14)22-8-4-2-1-3-6-13-7-5-9-21-13/h10-13,21-22H,1-9H2,(H,23,24,25)/t13-/m0/s1. The van der Waals surface area contributed by atoms with E-state index in [-0.39, 0.29) is 10.2 Å². The molecule has 0 unspecified atom stereocenters. The number of sulfonamides is 1. The molecule has 29 heavy (non-hydrogen) atoms. The third kappa shape index (κ3) is 6.50. The van der Waals surface area contributed by atoms with Gasteiger partial charge < -0.3 is 10.6 Å². The van der Waals surface area contributed by atoms with Crippen molar-refractivity contribution >= 4 is 44.0 Å². The second-order valence-corrected chi connectivity index (χ2v) is 9.88. The average molecular weight is 462 g/mol. The number of anilines is 2. The number of nitrogens with zero attached hydrogens (tertiary/aromatic N) is 2. The van der Waals surface area contributed by atoms with Crippen LogP contribution in [0, 0.1) is 5.82 Å². The Morgan fingerprint density at radius 3 is 2.83 bits per heavy atom. The van der Waals surface area contributed by atoms with Gasteiger partial charge in [-0.2, -0.15) is 4.37 Å². The molecular weight excluding hydrogens is 437 g/mol. The van der Waals surface area contributed by atoms with Crippen molar-refractivity contribution in [1.82, 2.24) is 14.7 Å². The van der Waals surface area contributed by atoms with Crippen LogP contribution in [-0.2, 0) is 10.0 Å². The molecule has 1 aromatic carbocycles. The number of hydrogen-bond acceptors (Lipinski definition) is 7. The van der Waals surface area contributed by atoms with Gasteiger partial charge in [0, 0.05) is 24.1 Å². The van der Waals surface area contributed by atoms with Crippen molar-refractivity contribution in [3.8, 4) is 0 Å². The highest BCUT2D eigenvalue weighted by molar-refractivity contribution is 7.93. The molecule has 7 nitrogen and oxygen atoms in total. The summed E-state index contributed by atoms with van der Waals surface area (Å²) in [6.45, 7) is 1.79. The molecular formula is C18H25ClFN5O2S2. The Labute approximate surface area is 179 Å². The van der Waals surface area contributed by atoms with Crippen LogP contribution in [0.1, 0.15) is 44.9 Å². The third-order valence-electron chi connectivity index (χ3n) is 4.85. The predicted molar refractivity (Wildman–Crippen MR) is 115 cm³/mol. The number of benzene rings is 1. The molecule has 160 valence electrons. The number of unbranched alkanes of at least 4 members (excludes halogenated alkanes) is 3. The minimum atomic E-state index is -4.13. The summed E-state index contributed by atoms with van der Waals surface area (Å²) in [5.74, 6) is -0.877. The Bertz CT molecular complexity index is 890. The van der Waals surface area contributed by atoms with Gasteiger partial charge >= 0.3 is 0 Å². The number of hydrogen-bond donors (Lipinski definition) is 3. The first kappa shape index (κ1) is 22.2. The van der Waals surface area contributed by atoms with Gasteiger partial charge in [-0.1, -0.05) is 30.9 Å². The van der Waals surface area contributed by atoms with E-state index < -0.39 is 20.7 Å². The van der Waals surface area contributed by atoms with Crippen LogP contribution in [0.15, 0.2) is 23.4 Å². The van der Waals surface area contributed by atoms with Gasteiger partial charge in [0.05, 0.1) is 10.7 Å². The van der Waals surface area contributed by atoms with Crippen LogP contribution >= 0.6 is 23.1 Å². The molecule has 1 aliphatic rings. The second-order valence-electron chi connectivity index (χ2n) is 7.04. The maximum absolute atomic E-state index is 14.4. The zero-order valence-electron chi connectivity index (χ0n) is 16.0. The molecule has 0 bridgehead atoms. The molecule has 2 heterocycles. The Morgan fingerprint density at radius 1 is 1.28 bits per heavy atom. The lowest BCUT2D eigenvalue weighted by Crippen LogP contribution is -2.20. The molecule has 1 aliphatic heterocycles. The highest BCUT2D eigenvalue weighted by atomic mass is 35.5. The molecule has 3 rings (SSSR count). The van der Waals surface area contributed by atoms with Crippen molar-refractivity contribution in [3.63, 3.8) is 0 Å². The van der Waals surface area contributed by atoms with Crippen molar-refractivity contribution in [2.45, 2.75) is 55.9 Å². The van der Waals surface area contributed by atoms with Crippen LogP contribution in [-0.4, -0.2) is 36.9 Å². The topological polar surface area (TPSA) is 96.0 Å². The summed E-state index contributed by atoms with van der Waals surface area (Å²) in [7, 11) is -4.13. The highest BCUT2D eigenvalue weighted by Crippen LogP contribution is 2.29. The van der Waals surface area contributed by atoms with Gasteiger partial charge in [0.2, 0.25) is 5.13 Å². The zero-order valence-corrected chi connectivity index (χ0v) is 18.3. The van der Waals surface area contributed by atoms with E-state index >= 15 is 0 Å². The van der Waals surface area contributed by atoms with Gasteiger partial charge in [0.25, 0.3) is 10.0 Å². The monoisotopic (exact) mass is 461 g/mol. The first-order valence-electron chi connectivity index (χ1n) is 9.71. The van der Waals surface area contributed by atoms with Crippen LogP contribution in [0.2, 0.25) is 5.02 Å². The SMILES string of the molecule is O=S(=O)(Nc1ncns1)c1cc(Cl)c(NCCCCCC[C@H]2CCCN2)cc1F. The van der Waals surface area contributed by atoms with E-state index in [9.17, 15) is 12.8 Å².